The zero-order valence-electron chi connectivity index (χ0n) is 11.4. The molecule has 20 heavy (non-hydrogen) atoms. The fourth-order valence-electron chi connectivity index (χ4n) is 2.19. The molecule has 2 amide bonds. The molecule has 0 radical (unpaired) electrons. The number of hydrogen-bond acceptors (Lipinski definition) is 4. The summed E-state index contributed by atoms with van der Waals surface area (Å²) in [6, 6.07) is 6.93. The first kappa shape index (κ1) is 14.2. The van der Waals surface area contributed by atoms with E-state index in [4.69, 9.17) is 9.47 Å². The van der Waals surface area contributed by atoms with Crippen LogP contribution >= 0.6 is 0 Å². The number of carbonyl (C=O) groups excluding carboxylic acids is 2. The summed E-state index contributed by atoms with van der Waals surface area (Å²) in [5, 5.41) is 2.81. The lowest BCUT2D eigenvalue weighted by Gasteiger charge is -2.31. The molecule has 0 aromatic heterocycles. The second kappa shape index (κ2) is 6.79. The molecule has 0 saturated carbocycles. The number of likely N-dealkylation sites (tertiary alicyclic amines) is 1. The number of benzene rings is 1. The monoisotopic (exact) mass is 278 g/mol. The average Bonchev–Trinajstić information content (AvgIpc) is 2.48. The lowest BCUT2D eigenvalue weighted by molar-refractivity contribution is -0.135. The summed E-state index contributed by atoms with van der Waals surface area (Å²) < 4.78 is 9.98. The number of urea groups is 1. The first-order chi connectivity index (χ1) is 9.72. The lowest BCUT2D eigenvalue weighted by Crippen LogP contribution is -2.45. The molecule has 6 heteroatoms. The molecule has 1 saturated heterocycles. The highest BCUT2D eigenvalue weighted by atomic mass is 16.5. The minimum atomic E-state index is -0.206. The van der Waals surface area contributed by atoms with Crippen LogP contribution in [-0.2, 0) is 9.53 Å². The van der Waals surface area contributed by atoms with Gasteiger partial charge < -0.3 is 19.7 Å². The number of ether oxygens (including phenoxy) is 2. The molecule has 1 aromatic rings. The Bertz CT molecular complexity index is 461. The third kappa shape index (κ3) is 3.63. The van der Waals surface area contributed by atoms with Crippen molar-refractivity contribution in [2.24, 2.45) is 0 Å². The first-order valence-electron chi connectivity index (χ1n) is 6.52. The highest BCUT2D eigenvalue weighted by molar-refractivity contribution is 5.89. The third-order valence-corrected chi connectivity index (χ3v) is 3.25. The maximum Gasteiger partial charge on any atom is 0.321 e. The van der Waals surface area contributed by atoms with Gasteiger partial charge in [-0.3, -0.25) is 4.79 Å². The Labute approximate surface area is 117 Å². The minimum absolute atomic E-state index is 0.186. The Morgan fingerprint density at radius 1 is 1.40 bits per heavy atom. The van der Waals surface area contributed by atoms with Crippen molar-refractivity contribution < 1.29 is 19.1 Å². The van der Waals surface area contributed by atoms with Crippen molar-refractivity contribution in [3.05, 3.63) is 24.3 Å². The van der Waals surface area contributed by atoms with Gasteiger partial charge in [0.1, 0.15) is 11.9 Å². The van der Waals surface area contributed by atoms with E-state index in [0.29, 0.717) is 25.2 Å². The summed E-state index contributed by atoms with van der Waals surface area (Å²) in [7, 11) is 1.59. The van der Waals surface area contributed by atoms with Gasteiger partial charge in [-0.1, -0.05) is 0 Å². The normalized spacial score (nSPS) is 18.2. The number of nitrogens with one attached hydrogen (secondary N) is 1. The molecule has 1 aliphatic heterocycles. The molecule has 1 fully saturated rings. The molecule has 108 valence electrons. The van der Waals surface area contributed by atoms with Crippen LogP contribution in [0, 0.1) is 0 Å². The molecule has 1 atom stereocenters. The zero-order valence-corrected chi connectivity index (χ0v) is 11.4. The van der Waals surface area contributed by atoms with E-state index < -0.39 is 0 Å². The van der Waals surface area contributed by atoms with E-state index in [0.717, 1.165) is 18.6 Å². The third-order valence-electron chi connectivity index (χ3n) is 3.25. The van der Waals surface area contributed by atoms with Crippen LogP contribution in [-0.4, -0.2) is 43.7 Å². The predicted molar refractivity (Wildman–Crippen MR) is 73.8 cm³/mol. The van der Waals surface area contributed by atoms with Gasteiger partial charge in [0.25, 0.3) is 6.47 Å². The summed E-state index contributed by atoms with van der Waals surface area (Å²) in [5.74, 6) is 0.736. The predicted octanol–water partition coefficient (Wildman–Crippen LogP) is 1.86. The molecule has 1 unspecified atom stereocenters. The number of nitrogens with zero attached hydrogens (tertiary/aromatic N) is 1. The first-order valence-corrected chi connectivity index (χ1v) is 6.52. The Morgan fingerprint density at radius 2 is 2.15 bits per heavy atom. The van der Waals surface area contributed by atoms with E-state index >= 15 is 0 Å². The quantitative estimate of drug-likeness (QED) is 0.854. The molecule has 1 heterocycles. The van der Waals surface area contributed by atoms with E-state index in [2.05, 4.69) is 5.32 Å². The Balaban J connectivity index is 1.91. The van der Waals surface area contributed by atoms with Crippen LogP contribution < -0.4 is 10.1 Å². The van der Waals surface area contributed by atoms with Crippen LogP contribution in [0.3, 0.4) is 0 Å². The van der Waals surface area contributed by atoms with Crippen molar-refractivity contribution in [2.75, 3.05) is 25.5 Å². The summed E-state index contributed by atoms with van der Waals surface area (Å²) in [5.41, 5.74) is 0.703. The number of rotatable bonds is 4. The molecule has 1 aromatic carbocycles. The van der Waals surface area contributed by atoms with Crippen molar-refractivity contribution in [1.29, 1.82) is 0 Å². The van der Waals surface area contributed by atoms with Crippen LogP contribution in [0.1, 0.15) is 12.8 Å². The van der Waals surface area contributed by atoms with Gasteiger partial charge in [0.15, 0.2) is 0 Å². The van der Waals surface area contributed by atoms with E-state index in [1.807, 2.05) is 0 Å². The molecular weight excluding hydrogens is 260 g/mol. The van der Waals surface area contributed by atoms with Gasteiger partial charge >= 0.3 is 6.03 Å². The summed E-state index contributed by atoms with van der Waals surface area (Å²) >= 11 is 0. The number of amides is 2. The van der Waals surface area contributed by atoms with Crippen molar-refractivity contribution in [3.8, 4) is 5.75 Å². The summed E-state index contributed by atoms with van der Waals surface area (Å²) in [4.78, 5) is 24.1. The van der Waals surface area contributed by atoms with E-state index in [-0.39, 0.29) is 12.1 Å². The van der Waals surface area contributed by atoms with Crippen molar-refractivity contribution in [3.63, 3.8) is 0 Å². The topological polar surface area (TPSA) is 67.9 Å². The van der Waals surface area contributed by atoms with Crippen molar-refractivity contribution in [2.45, 2.75) is 18.9 Å². The van der Waals surface area contributed by atoms with Gasteiger partial charge in [0.2, 0.25) is 0 Å². The highest BCUT2D eigenvalue weighted by Crippen LogP contribution is 2.17. The number of piperidine rings is 1. The smallest absolute Gasteiger partial charge is 0.321 e. The van der Waals surface area contributed by atoms with Crippen LogP contribution in [0.2, 0.25) is 0 Å². The Hall–Kier alpha value is -2.24. The number of carbonyl (C=O) groups is 2. The van der Waals surface area contributed by atoms with Gasteiger partial charge in [-0.05, 0) is 37.1 Å². The molecule has 1 N–H and O–H groups in total. The number of hydrogen-bond donors (Lipinski definition) is 1. The van der Waals surface area contributed by atoms with Gasteiger partial charge in [0.05, 0.1) is 13.7 Å². The van der Waals surface area contributed by atoms with Crippen LogP contribution in [0.15, 0.2) is 24.3 Å². The van der Waals surface area contributed by atoms with Gasteiger partial charge in [-0.25, -0.2) is 4.79 Å². The van der Waals surface area contributed by atoms with E-state index in [9.17, 15) is 9.59 Å². The van der Waals surface area contributed by atoms with Gasteiger partial charge in [-0.15, -0.1) is 0 Å². The van der Waals surface area contributed by atoms with Crippen LogP contribution in [0.4, 0.5) is 10.5 Å². The maximum absolute atomic E-state index is 12.1. The minimum Gasteiger partial charge on any atom is -0.497 e. The number of anilines is 1. The SMILES string of the molecule is COc1ccc(NC(=O)N2CCCC(OC=O)C2)cc1. The molecule has 0 spiro atoms. The van der Waals surface area contributed by atoms with Crippen LogP contribution in [0.5, 0.6) is 5.75 Å². The molecule has 0 aliphatic carbocycles. The summed E-state index contributed by atoms with van der Waals surface area (Å²) in [6.45, 7) is 1.54. The van der Waals surface area contributed by atoms with E-state index in [1.165, 1.54) is 0 Å². The molecule has 2 rings (SSSR count). The summed E-state index contributed by atoms with van der Waals surface area (Å²) in [6.07, 6.45) is 1.42. The van der Waals surface area contributed by atoms with Crippen molar-refractivity contribution >= 4 is 18.2 Å². The van der Waals surface area contributed by atoms with E-state index in [1.54, 1.807) is 36.3 Å². The number of methoxy groups -OCH3 is 1. The Morgan fingerprint density at radius 3 is 2.80 bits per heavy atom. The van der Waals surface area contributed by atoms with Crippen LogP contribution in [0.25, 0.3) is 0 Å². The second-order valence-electron chi connectivity index (χ2n) is 4.60. The lowest BCUT2D eigenvalue weighted by atomic mass is 10.1. The Kier molecular flexibility index (Phi) is 4.81. The van der Waals surface area contributed by atoms with Crippen molar-refractivity contribution in [1.82, 2.24) is 4.90 Å². The highest BCUT2D eigenvalue weighted by Gasteiger charge is 2.24. The second-order valence-corrected chi connectivity index (χ2v) is 4.60. The van der Waals surface area contributed by atoms with Gasteiger partial charge in [-0.2, -0.15) is 0 Å². The molecule has 6 nitrogen and oxygen atoms in total. The van der Waals surface area contributed by atoms with Gasteiger partial charge in [0, 0.05) is 12.2 Å². The molecule has 1 aliphatic rings. The fourth-order valence-corrected chi connectivity index (χ4v) is 2.19. The largest absolute Gasteiger partial charge is 0.497 e. The zero-order chi connectivity index (χ0) is 14.4. The average molecular weight is 278 g/mol. The standard InChI is InChI=1S/C14H18N2O4/c1-19-12-6-4-11(5-7-12)15-14(18)16-8-2-3-13(9-16)20-10-17/h4-7,10,13H,2-3,8-9H2,1H3,(H,15,18). The maximum atomic E-state index is 12.1. The fraction of sp³-hybridized carbons (Fsp3) is 0.429. The molecular formula is C14H18N2O4. The molecule has 0 bridgehead atoms.